The van der Waals surface area contributed by atoms with Gasteiger partial charge >= 0.3 is 12.1 Å². The molecule has 2 saturated heterocycles. The molecule has 0 spiro atoms. The highest BCUT2D eigenvalue weighted by atomic mass is 19.4. The average Bonchev–Trinajstić information content (AvgIpc) is 3.08. The molecule has 0 unspecified atom stereocenters. The highest BCUT2D eigenvalue weighted by molar-refractivity contribution is 5.82. The Kier molecular flexibility index (Phi) is 6.44. The lowest BCUT2D eigenvalue weighted by Gasteiger charge is -2.28. The topological polar surface area (TPSA) is 69.6 Å². The highest BCUT2D eigenvalue weighted by Gasteiger charge is 2.38. The lowest BCUT2D eigenvalue weighted by atomic mass is 9.86. The van der Waals surface area contributed by atoms with Crippen LogP contribution in [0.15, 0.2) is 0 Å². The number of hydrogen-bond donors (Lipinski definition) is 2. The maximum absolute atomic E-state index is 12.2. The lowest BCUT2D eigenvalue weighted by molar-refractivity contribution is -0.192. The molecule has 2 aliphatic rings. The summed E-state index contributed by atoms with van der Waals surface area (Å²) in [6, 6.07) is 0.575. The van der Waals surface area contributed by atoms with Crippen LogP contribution in [0.25, 0.3) is 0 Å². The Bertz CT molecular complexity index is 427. The molecule has 8 heteroatoms. The van der Waals surface area contributed by atoms with Gasteiger partial charge in [-0.05, 0) is 31.1 Å². The molecule has 0 saturated carbocycles. The molecule has 2 rings (SSSR count). The lowest BCUT2D eigenvalue weighted by Crippen LogP contribution is -2.46. The molecule has 2 N–H and O–H groups in total. The van der Waals surface area contributed by atoms with Crippen LogP contribution in [0.5, 0.6) is 0 Å². The third-order valence-electron chi connectivity index (χ3n) is 4.15. The van der Waals surface area contributed by atoms with Gasteiger partial charge in [0.1, 0.15) is 0 Å². The van der Waals surface area contributed by atoms with Crippen molar-refractivity contribution in [3.05, 3.63) is 0 Å². The molecule has 0 aliphatic carbocycles. The Balaban J connectivity index is 0.000000322. The van der Waals surface area contributed by atoms with Gasteiger partial charge in [0.2, 0.25) is 5.91 Å². The highest BCUT2D eigenvalue weighted by Crippen LogP contribution is 2.29. The summed E-state index contributed by atoms with van der Waals surface area (Å²) in [6.07, 6.45) is -0.576. The van der Waals surface area contributed by atoms with Crippen LogP contribution in [-0.4, -0.2) is 53.2 Å². The molecule has 0 aromatic heterocycles. The van der Waals surface area contributed by atoms with Crippen molar-refractivity contribution in [2.45, 2.75) is 64.7 Å². The molecule has 2 atom stereocenters. The minimum Gasteiger partial charge on any atom is -0.475 e. The van der Waals surface area contributed by atoms with Crippen LogP contribution < -0.4 is 5.32 Å². The molecule has 1 amide bonds. The minimum atomic E-state index is -5.08. The first-order chi connectivity index (χ1) is 10.4. The number of carbonyl (C=O) groups is 2. The number of nitrogens with zero attached hydrogens (tertiary/aromatic N) is 1. The Labute approximate surface area is 134 Å². The first-order valence-corrected chi connectivity index (χ1v) is 7.78. The first-order valence-electron chi connectivity index (χ1n) is 7.78. The van der Waals surface area contributed by atoms with E-state index in [1.165, 1.54) is 12.8 Å². The van der Waals surface area contributed by atoms with Gasteiger partial charge in [0.15, 0.2) is 0 Å². The van der Waals surface area contributed by atoms with Crippen molar-refractivity contribution in [1.29, 1.82) is 0 Å². The third-order valence-corrected chi connectivity index (χ3v) is 4.15. The predicted octanol–water partition coefficient (Wildman–Crippen LogP) is 2.41. The molecule has 134 valence electrons. The summed E-state index contributed by atoms with van der Waals surface area (Å²) in [7, 11) is 0. The zero-order valence-electron chi connectivity index (χ0n) is 13.7. The van der Waals surface area contributed by atoms with E-state index < -0.39 is 12.1 Å². The summed E-state index contributed by atoms with van der Waals surface area (Å²) in [5.74, 6) is -2.42. The van der Waals surface area contributed by atoms with Crippen LogP contribution >= 0.6 is 0 Å². The van der Waals surface area contributed by atoms with Gasteiger partial charge in [-0.15, -0.1) is 0 Å². The number of hydrogen-bond acceptors (Lipinski definition) is 3. The molecule has 0 aromatic carbocycles. The van der Waals surface area contributed by atoms with E-state index in [1.807, 2.05) is 4.90 Å². The quantitative estimate of drug-likeness (QED) is 0.770. The molecule has 2 fully saturated rings. The van der Waals surface area contributed by atoms with E-state index in [4.69, 9.17) is 9.90 Å². The van der Waals surface area contributed by atoms with Crippen LogP contribution in [0.3, 0.4) is 0 Å². The number of carboxylic acid groups (broad SMARTS) is 1. The van der Waals surface area contributed by atoms with Gasteiger partial charge in [-0.2, -0.15) is 13.2 Å². The van der Waals surface area contributed by atoms with Gasteiger partial charge in [0, 0.05) is 19.1 Å². The first kappa shape index (κ1) is 19.7. The fourth-order valence-corrected chi connectivity index (χ4v) is 2.78. The Morgan fingerprint density at radius 1 is 1.09 bits per heavy atom. The number of rotatable bonds is 1. The molecular formula is C15H25F3N2O3. The van der Waals surface area contributed by atoms with Crippen LogP contribution in [0.2, 0.25) is 0 Å². The number of amides is 1. The van der Waals surface area contributed by atoms with Crippen molar-refractivity contribution < 1.29 is 27.9 Å². The molecule has 5 nitrogen and oxygen atoms in total. The van der Waals surface area contributed by atoms with Crippen LogP contribution in [0.4, 0.5) is 13.2 Å². The van der Waals surface area contributed by atoms with Crippen molar-refractivity contribution in [3.63, 3.8) is 0 Å². The van der Waals surface area contributed by atoms with E-state index in [1.54, 1.807) is 0 Å². The number of aliphatic carboxylic acids is 1. The number of carbonyl (C=O) groups excluding carboxylic acids is 1. The number of nitrogens with one attached hydrogen (secondary N) is 1. The van der Waals surface area contributed by atoms with Gasteiger partial charge in [0.25, 0.3) is 0 Å². The van der Waals surface area contributed by atoms with Crippen molar-refractivity contribution in [3.8, 4) is 0 Å². The molecular weight excluding hydrogens is 313 g/mol. The Morgan fingerprint density at radius 3 is 1.91 bits per heavy atom. The second-order valence-electron chi connectivity index (χ2n) is 7.05. The largest absolute Gasteiger partial charge is 0.490 e. The Morgan fingerprint density at radius 2 is 1.57 bits per heavy atom. The summed E-state index contributed by atoms with van der Waals surface area (Å²) in [5.41, 5.74) is 0.264. The molecule has 2 aliphatic heterocycles. The van der Waals surface area contributed by atoms with E-state index in [9.17, 15) is 18.0 Å². The van der Waals surface area contributed by atoms with Crippen molar-refractivity contribution in [1.82, 2.24) is 10.2 Å². The molecule has 0 aromatic rings. The van der Waals surface area contributed by atoms with Gasteiger partial charge in [0.05, 0.1) is 6.04 Å². The van der Waals surface area contributed by atoms with Gasteiger partial charge in [-0.25, -0.2) is 4.79 Å². The standard InChI is InChI=1S/C13H24N2O.C2HF3O2/c1-13(2,3)11-7-6-10(14-11)12(16)15-8-4-5-9-15;3-2(4,5)1(6)7/h10-11,14H,4-9H2,1-3H3;(H,6,7)/t10-,11+;/m0./s1. The van der Waals surface area contributed by atoms with Crippen molar-refractivity contribution >= 4 is 11.9 Å². The zero-order chi connectivity index (χ0) is 17.8. The van der Waals surface area contributed by atoms with Crippen LogP contribution in [0, 0.1) is 5.41 Å². The van der Waals surface area contributed by atoms with Gasteiger partial charge in [-0.3, -0.25) is 4.79 Å². The summed E-state index contributed by atoms with van der Waals surface area (Å²) < 4.78 is 31.7. The summed E-state index contributed by atoms with van der Waals surface area (Å²) >= 11 is 0. The predicted molar refractivity (Wildman–Crippen MR) is 78.9 cm³/mol. The summed E-state index contributed by atoms with van der Waals surface area (Å²) in [4.78, 5) is 23.1. The van der Waals surface area contributed by atoms with Crippen molar-refractivity contribution in [2.75, 3.05) is 13.1 Å². The number of alkyl halides is 3. The maximum Gasteiger partial charge on any atom is 0.490 e. The molecule has 0 radical (unpaired) electrons. The maximum atomic E-state index is 12.2. The smallest absolute Gasteiger partial charge is 0.475 e. The van der Waals surface area contributed by atoms with E-state index in [0.29, 0.717) is 11.9 Å². The fourth-order valence-electron chi connectivity index (χ4n) is 2.78. The Hall–Kier alpha value is -1.31. The molecule has 23 heavy (non-hydrogen) atoms. The summed E-state index contributed by atoms with van der Waals surface area (Å²) in [6.45, 7) is 8.67. The van der Waals surface area contributed by atoms with Gasteiger partial charge in [-0.1, -0.05) is 20.8 Å². The second-order valence-corrected chi connectivity index (χ2v) is 7.05. The van der Waals surface area contributed by atoms with Crippen molar-refractivity contribution in [2.24, 2.45) is 5.41 Å². The summed E-state index contributed by atoms with van der Waals surface area (Å²) in [5, 5.41) is 10.6. The SMILES string of the molecule is CC(C)(C)[C@H]1CC[C@@H](C(=O)N2CCCC2)N1.O=C(O)C(F)(F)F. The van der Waals surface area contributed by atoms with Crippen LogP contribution in [-0.2, 0) is 9.59 Å². The number of likely N-dealkylation sites (tertiary alicyclic amines) is 1. The molecule has 2 heterocycles. The van der Waals surface area contributed by atoms with Gasteiger partial charge < -0.3 is 15.3 Å². The van der Waals surface area contributed by atoms with E-state index >= 15 is 0 Å². The number of halogens is 3. The minimum absolute atomic E-state index is 0.0855. The number of carboxylic acids is 1. The zero-order valence-corrected chi connectivity index (χ0v) is 13.7. The third kappa shape index (κ3) is 6.01. The second kappa shape index (κ2) is 7.51. The van der Waals surface area contributed by atoms with E-state index in [2.05, 4.69) is 26.1 Å². The average molecular weight is 338 g/mol. The monoisotopic (exact) mass is 338 g/mol. The normalized spacial score (nSPS) is 25.0. The van der Waals surface area contributed by atoms with E-state index in [-0.39, 0.29) is 11.5 Å². The van der Waals surface area contributed by atoms with Crippen LogP contribution in [0.1, 0.15) is 46.5 Å². The molecule has 0 bridgehead atoms. The fraction of sp³-hybridized carbons (Fsp3) is 0.867. The van der Waals surface area contributed by atoms with E-state index in [0.717, 1.165) is 25.9 Å².